The van der Waals surface area contributed by atoms with Crippen molar-refractivity contribution in [3.63, 3.8) is 0 Å². The van der Waals surface area contributed by atoms with Crippen LogP contribution in [-0.2, 0) is 9.59 Å². The molecule has 2 amide bonds. The molecular formula is C26H31N3O10. The summed E-state index contributed by atoms with van der Waals surface area (Å²) in [6.45, 7) is 6.26. The summed E-state index contributed by atoms with van der Waals surface area (Å²) in [5, 5.41) is 32.2. The van der Waals surface area contributed by atoms with Gasteiger partial charge in [-0.05, 0) is 36.1 Å². The first-order valence-corrected chi connectivity index (χ1v) is 12.0. The minimum atomic E-state index is -1.38. The Bertz CT molecular complexity index is 1230. The highest BCUT2D eigenvalue weighted by Crippen LogP contribution is 2.31. The first kappa shape index (κ1) is 30.5. The van der Waals surface area contributed by atoms with Crippen molar-refractivity contribution >= 4 is 35.1 Å². The van der Waals surface area contributed by atoms with Gasteiger partial charge in [0.05, 0.1) is 23.8 Å². The molecule has 2 aromatic carbocycles. The average molecular weight is 546 g/mol. The third-order valence-electron chi connectivity index (χ3n) is 4.98. The van der Waals surface area contributed by atoms with Crippen molar-refractivity contribution in [2.24, 2.45) is 11.8 Å². The number of amides is 2. The van der Waals surface area contributed by atoms with E-state index in [0.29, 0.717) is 4.90 Å². The van der Waals surface area contributed by atoms with Gasteiger partial charge >= 0.3 is 17.6 Å². The minimum absolute atomic E-state index is 0.0473. The number of anilines is 1. The van der Waals surface area contributed by atoms with Gasteiger partial charge in [-0.15, -0.1) is 0 Å². The molecule has 0 unspecified atom stereocenters. The summed E-state index contributed by atoms with van der Waals surface area (Å²) < 4.78 is 11.3. The molecule has 39 heavy (non-hydrogen) atoms. The number of carbonyl (C=O) groups excluding carboxylic acids is 2. The van der Waals surface area contributed by atoms with Gasteiger partial charge in [0.1, 0.15) is 18.8 Å². The molecule has 0 heterocycles. The summed E-state index contributed by atoms with van der Waals surface area (Å²) >= 11 is 0. The second-order valence-electron chi connectivity index (χ2n) is 9.46. The molecule has 210 valence electrons. The lowest BCUT2D eigenvalue weighted by molar-refractivity contribution is -0.385. The molecule has 2 aromatic rings. The van der Waals surface area contributed by atoms with E-state index in [1.54, 1.807) is 0 Å². The number of ether oxygens (including phenoxy) is 2. The number of carbonyl (C=O) groups is 4. The summed E-state index contributed by atoms with van der Waals surface area (Å²) in [5.74, 6) is -4.07. The summed E-state index contributed by atoms with van der Waals surface area (Å²) in [6.07, 6.45) is 0. The Kier molecular flexibility index (Phi) is 10.8. The molecule has 0 radical (unpaired) electrons. The van der Waals surface area contributed by atoms with E-state index in [4.69, 9.17) is 19.7 Å². The molecule has 0 bridgehead atoms. The van der Waals surface area contributed by atoms with Crippen LogP contribution in [0.4, 0.5) is 11.4 Å². The van der Waals surface area contributed by atoms with Crippen molar-refractivity contribution in [2.45, 2.75) is 27.7 Å². The molecule has 13 heteroatoms. The van der Waals surface area contributed by atoms with E-state index in [0.717, 1.165) is 0 Å². The van der Waals surface area contributed by atoms with Crippen LogP contribution in [0.2, 0.25) is 0 Å². The van der Waals surface area contributed by atoms with Crippen LogP contribution >= 0.6 is 0 Å². The van der Waals surface area contributed by atoms with Crippen molar-refractivity contribution in [3.8, 4) is 11.5 Å². The van der Waals surface area contributed by atoms with Crippen LogP contribution in [0, 0.1) is 22.0 Å². The van der Waals surface area contributed by atoms with Gasteiger partial charge in [-0.3, -0.25) is 29.3 Å². The van der Waals surface area contributed by atoms with Crippen molar-refractivity contribution in [3.05, 3.63) is 57.6 Å². The summed E-state index contributed by atoms with van der Waals surface area (Å²) in [6, 6.07) is 7.65. The van der Waals surface area contributed by atoms with Crippen LogP contribution in [0.1, 0.15) is 48.4 Å². The molecule has 0 spiro atoms. The Morgan fingerprint density at radius 1 is 0.872 bits per heavy atom. The highest BCUT2D eigenvalue weighted by molar-refractivity contribution is 6.06. The molecular weight excluding hydrogens is 514 g/mol. The van der Waals surface area contributed by atoms with Crippen LogP contribution in [-0.4, -0.2) is 70.1 Å². The van der Waals surface area contributed by atoms with E-state index < -0.39 is 41.8 Å². The van der Waals surface area contributed by atoms with Crippen LogP contribution in [0.15, 0.2) is 36.4 Å². The molecule has 3 N–H and O–H groups in total. The van der Waals surface area contributed by atoms with Gasteiger partial charge in [0.25, 0.3) is 11.8 Å². The molecule has 0 atom stereocenters. The number of nitrogens with one attached hydrogen (secondary N) is 1. The van der Waals surface area contributed by atoms with E-state index in [1.807, 2.05) is 27.7 Å². The lowest BCUT2D eigenvalue weighted by atomic mass is 10.1. The standard InChI is InChI=1S/C26H31N3O10/c1-15(2)13-38-21-10-18(26(35)28(11-23(30)31)12-24(32)33)5-7-19(21)27-25(34)17-6-8-20(29(36)37)22(9-17)39-14-16(3)4/h5-10,15-16H,11-14H2,1-4H3,(H,27,34)(H,30,31)(H,32,33). The number of hydrogen-bond donors (Lipinski definition) is 3. The predicted molar refractivity (Wildman–Crippen MR) is 139 cm³/mol. The van der Waals surface area contributed by atoms with Gasteiger partial charge in [-0.1, -0.05) is 27.7 Å². The number of carboxylic acid groups (broad SMARTS) is 2. The van der Waals surface area contributed by atoms with Crippen molar-refractivity contribution in [1.29, 1.82) is 0 Å². The second kappa shape index (κ2) is 13.7. The van der Waals surface area contributed by atoms with E-state index in [1.165, 1.54) is 36.4 Å². The fraction of sp³-hybridized carbons (Fsp3) is 0.385. The number of aliphatic carboxylic acids is 2. The molecule has 0 aliphatic heterocycles. The van der Waals surface area contributed by atoms with E-state index in [9.17, 15) is 29.3 Å². The number of hydrogen-bond acceptors (Lipinski definition) is 8. The lowest BCUT2D eigenvalue weighted by Gasteiger charge is -2.20. The third kappa shape index (κ3) is 9.29. The van der Waals surface area contributed by atoms with E-state index in [-0.39, 0.29) is 59.1 Å². The maximum Gasteiger partial charge on any atom is 0.323 e. The maximum absolute atomic E-state index is 13.0. The Labute approximate surface area is 224 Å². The molecule has 13 nitrogen and oxygen atoms in total. The Balaban J connectivity index is 2.40. The van der Waals surface area contributed by atoms with Crippen molar-refractivity contribution in [1.82, 2.24) is 4.90 Å². The van der Waals surface area contributed by atoms with Gasteiger partial charge in [0.2, 0.25) is 0 Å². The molecule has 2 rings (SSSR count). The fourth-order valence-corrected chi connectivity index (χ4v) is 3.22. The SMILES string of the molecule is CC(C)COc1cc(C(=O)N(CC(=O)O)CC(=O)O)ccc1NC(=O)c1ccc([N+](=O)[O-])c(OCC(C)C)c1. The monoisotopic (exact) mass is 545 g/mol. The van der Waals surface area contributed by atoms with Gasteiger partial charge in [-0.2, -0.15) is 0 Å². The smallest absolute Gasteiger partial charge is 0.323 e. The number of nitro benzene ring substituents is 1. The Morgan fingerprint density at radius 3 is 1.90 bits per heavy atom. The first-order valence-electron chi connectivity index (χ1n) is 12.0. The van der Waals surface area contributed by atoms with Crippen molar-refractivity contribution in [2.75, 3.05) is 31.6 Å². The minimum Gasteiger partial charge on any atom is -0.491 e. The van der Waals surface area contributed by atoms with Gasteiger partial charge in [0, 0.05) is 23.3 Å². The third-order valence-corrected chi connectivity index (χ3v) is 4.98. The van der Waals surface area contributed by atoms with Crippen LogP contribution in [0.25, 0.3) is 0 Å². The largest absolute Gasteiger partial charge is 0.491 e. The lowest BCUT2D eigenvalue weighted by Crippen LogP contribution is -2.39. The van der Waals surface area contributed by atoms with Crippen LogP contribution in [0.5, 0.6) is 11.5 Å². The molecule has 0 aromatic heterocycles. The number of rotatable bonds is 14. The highest BCUT2D eigenvalue weighted by atomic mass is 16.6. The zero-order valence-corrected chi connectivity index (χ0v) is 22.0. The first-order chi connectivity index (χ1) is 18.3. The number of nitrogens with zero attached hydrogens (tertiary/aromatic N) is 2. The second-order valence-corrected chi connectivity index (χ2v) is 9.46. The van der Waals surface area contributed by atoms with Gasteiger partial charge in [0.15, 0.2) is 5.75 Å². The molecule has 0 aliphatic carbocycles. The number of carboxylic acids is 2. The van der Waals surface area contributed by atoms with E-state index >= 15 is 0 Å². The normalized spacial score (nSPS) is 10.7. The number of nitro groups is 1. The molecule has 0 aliphatic rings. The van der Waals surface area contributed by atoms with Gasteiger partial charge < -0.3 is 29.9 Å². The summed E-state index contributed by atoms with van der Waals surface area (Å²) in [5.41, 5.74) is -0.0936. The summed E-state index contributed by atoms with van der Waals surface area (Å²) in [4.78, 5) is 59.6. The van der Waals surface area contributed by atoms with Gasteiger partial charge in [-0.25, -0.2) is 0 Å². The molecule has 0 saturated carbocycles. The topological polar surface area (TPSA) is 186 Å². The Hall–Kier alpha value is -4.68. The van der Waals surface area contributed by atoms with Crippen LogP contribution in [0.3, 0.4) is 0 Å². The highest BCUT2D eigenvalue weighted by Gasteiger charge is 2.24. The maximum atomic E-state index is 13.0. The predicted octanol–water partition coefficient (Wildman–Crippen LogP) is 3.53. The molecule has 0 saturated heterocycles. The van der Waals surface area contributed by atoms with Crippen LogP contribution < -0.4 is 14.8 Å². The average Bonchev–Trinajstić information content (AvgIpc) is 2.85. The summed E-state index contributed by atoms with van der Waals surface area (Å²) in [7, 11) is 0. The quantitative estimate of drug-likeness (QED) is 0.234. The molecule has 0 fully saturated rings. The zero-order chi connectivity index (χ0) is 29.3. The number of benzene rings is 2. The van der Waals surface area contributed by atoms with Crippen molar-refractivity contribution < 1.29 is 43.8 Å². The van der Waals surface area contributed by atoms with E-state index in [2.05, 4.69) is 5.32 Å². The fourth-order valence-electron chi connectivity index (χ4n) is 3.22. The Morgan fingerprint density at radius 2 is 1.38 bits per heavy atom. The zero-order valence-electron chi connectivity index (χ0n) is 22.0.